The third kappa shape index (κ3) is 6.84. The number of ketones is 1. The van der Waals surface area contributed by atoms with E-state index >= 15 is 0 Å². The van der Waals surface area contributed by atoms with Crippen molar-refractivity contribution in [2.45, 2.75) is 51.9 Å². The van der Waals surface area contributed by atoms with Gasteiger partial charge in [0.1, 0.15) is 18.1 Å². The number of nitrogens with zero attached hydrogens (tertiary/aromatic N) is 3. The molecule has 2 aromatic rings. The average molecular weight is 421 g/mol. The van der Waals surface area contributed by atoms with Gasteiger partial charge in [0, 0.05) is 23.4 Å². The van der Waals surface area contributed by atoms with Gasteiger partial charge in [0.15, 0.2) is 5.78 Å². The molecule has 1 aromatic heterocycles. The predicted octanol–water partition coefficient (Wildman–Crippen LogP) is 3.02. The van der Waals surface area contributed by atoms with E-state index in [-0.39, 0.29) is 24.6 Å². The van der Waals surface area contributed by atoms with Crippen molar-refractivity contribution in [2.75, 3.05) is 7.11 Å². The fraction of sp³-hybridized carbons (Fsp3) is 0.429. The SMILES string of the molecule is C=C(C(=O)CC(=O)OC)[C@@H](C)O[C@H](C)CCc1cn(Cc2ccc(F)cc2F)nn1. The van der Waals surface area contributed by atoms with E-state index in [1.54, 1.807) is 13.1 Å². The van der Waals surface area contributed by atoms with Crippen LogP contribution in [0.1, 0.15) is 37.9 Å². The number of benzene rings is 1. The van der Waals surface area contributed by atoms with E-state index in [1.807, 2.05) is 6.92 Å². The zero-order valence-electron chi connectivity index (χ0n) is 17.2. The lowest BCUT2D eigenvalue weighted by atomic mass is 10.1. The van der Waals surface area contributed by atoms with Crippen LogP contribution in [0, 0.1) is 11.6 Å². The number of Topliss-reactive ketones (excluding diaryl/α,β-unsaturated/α-hetero) is 1. The molecule has 2 atom stereocenters. The predicted molar refractivity (Wildman–Crippen MR) is 105 cm³/mol. The molecule has 7 nitrogen and oxygen atoms in total. The van der Waals surface area contributed by atoms with Crippen molar-refractivity contribution in [2.24, 2.45) is 0 Å². The first-order chi connectivity index (χ1) is 14.2. The van der Waals surface area contributed by atoms with Crippen LogP contribution in [-0.2, 0) is 32.0 Å². The first-order valence-corrected chi connectivity index (χ1v) is 9.46. The van der Waals surface area contributed by atoms with E-state index in [0.717, 1.165) is 6.07 Å². The summed E-state index contributed by atoms with van der Waals surface area (Å²) in [4.78, 5) is 23.2. The summed E-state index contributed by atoms with van der Waals surface area (Å²) in [6.07, 6.45) is 1.73. The van der Waals surface area contributed by atoms with Crippen LogP contribution >= 0.6 is 0 Å². The quantitative estimate of drug-likeness (QED) is 0.315. The molecule has 0 aliphatic heterocycles. The molecule has 1 heterocycles. The lowest BCUT2D eigenvalue weighted by Gasteiger charge is -2.20. The minimum atomic E-state index is -0.634. The van der Waals surface area contributed by atoms with E-state index in [2.05, 4.69) is 21.6 Å². The van der Waals surface area contributed by atoms with Crippen molar-refractivity contribution in [3.63, 3.8) is 0 Å². The van der Waals surface area contributed by atoms with E-state index in [0.29, 0.717) is 24.1 Å². The van der Waals surface area contributed by atoms with Gasteiger partial charge in [-0.3, -0.25) is 9.59 Å². The molecule has 0 N–H and O–H groups in total. The number of halogens is 2. The zero-order valence-corrected chi connectivity index (χ0v) is 17.2. The second-order valence-electron chi connectivity index (χ2n) is 6.97. The summed E-state index contributed by atoms with van der Waals surface area (Å²) in [7, 11) is 1.21. The molecule has 30 heavy (non-hydrogen) atoms. The van der Waals surface area contributed by atoms with Gasteiger partial charge in [0.25, 0.3) is 0 Å². The Morgan fingerprint density at radius 3 is 2.67 bits per heavy atom. The van der Waals surface area contributed by atoms with Crippen molar-refractivity contribution in [1.29, 1.82) is 0 Å². The molecule has 0 amide bonds. The second kappa shape index (κ2) is 10.7. The van der Waals surface area contributed by atoms with Gasteiger partial charge >= 0.3 is 5.97 Å². The van der Waals surface area contributed by atoms with Crippen LogP contribution < -0.4 is 0 Å². The van der Waals surface area contributed by atoms with Gasteiger partial charge in [-0.1, -0.05) is 17.9 Å². The highest BCUT2D eigenvalue weighted by molar-refractivity contribution is 6.05. The first-order valence-electron chi connectivity index (χ1n) is 9.46. The standard InChI is InChI=1S/C21H25F2N3O4/c1-13(30-15(3)14(2)20(27)10-21(28)29-4)5-8-18-12-26(25-24-18)11-16-6-7-17(22)9-19(16)23/h6-7,9,12-13,15H,2,5,8,10-11H2,1,3-4H3/t13-,15-/m1/s1. The zero-order chi connectivity index (χ0) is 22.3. The summed E-state index contributed by atoms with van der Waals surface area (Å²) >= 11 is 0. The average Bonchev–Trinajstić information content (AvgIpc) is 3.15. The number of hydrogen-bond acceptors (Lipinski definition) is 6. The number of hydrogen-bond donors (Lipinski definition) is 0. The highest BCUT2D eigenvalue weighted by Crippen LogP contribution is 2.15. The molecule has 2 rings (SSSR count). The molecule has 0 bridgehead atoms. The summed E-state index contributed by atoms with van der Waals surface area (Å²) in [5.41, 5.74) is 1.22. The number of carbonyl (C=O) groups excluding carboxylic acids is 2. The maximum atomic E-state index is 13.8. The number of carbonyl (C=O) groups is 2. The van der Waals surface area contributed by atoms with Crippen LogP contribution in [0.2, 0.25) is 0 Å². The smallest absolute Gasteiger partial charge is 0.313 e. The minimum absolute atomic E-state index is 0.143. The van der Waals surface area contributed by atoms with Crippen LogP contribution in [0.15, 0.2) is 36.5 Å². The molecule has 0 fully saturated rings. The normalized spacial score (nSPS) is 13.0. The molecule has 0 unspecified atom stereocenters. The third-order valence-corrected chi connectivity index (χ3v) is 4.56. The van der Waals surface area contributed by atoms with Gasteiger partial charge in [0.2, 0.25) is 0 Å². The highest BCUT2D eigenvalue weighted by atomic mass is 19.1. The Bertz CT molecular complexity index is 913. The molecule has 0 aliphatic rings. The number of methoxy groups -OCH3 is 1. The van der Waals surface area contributed by atoms with Crippen LogP contribution in [0.5, 0.6) is 0 Å². The number of aryl methyl sites for hydroxylation is 1. The first kappa shape index (κ1) is 23.3. The number of ether oxygens (including phenoxy) is 2. The Hall–Kier alpha value is -2.94. The van der Waals surface area contributed by atoms with Crippen molar-refractivity contribution in [3.8, 4) is 0 Å². The summed E-state index contributed by atoms with van der Waals surface area (Å²) in [5.74, 6) is -2.30. The highest BCUT2D eigenvalue weighted by Gasteiger charge is 2.20. The fourth-order valence-electron chi connectivity index (χ4n) is 2.75. The van der Waals surface area contributed by atoms with Crippen LogP contribution in [-0.4, -0.2) is 46.1 Å². The van der Waals surface area contributed by atoms with Crippen molar-refractivity contribution in [3.05, 3.63) is 59.4 Å². The largest absolute Gasteiger partial charge is 0.469 e. The Morgan fingerprint density at radius 2 is 2.00 bits per heavy atom. The van der Waals surface area contributed by atoms with Crippen LogP contribution in [0.4, 0.5) is 8.78 Å². The third-order valence-electron chi connectivity index (χ3n) is 4.56. The van der Waals surface area contributed by atoms with Gasteiger partial charge in [-0.05, 0) is 32.8 Å². The summed E-state index contributed by atoms with van der Waals surface area (Å²) in [6.45, 7) is 7.40. The summed E-state index contributed by atoms with van der Waals surface area (Å²) in [5, 5.41) is 8.02. The van der Waals surface area contributed by atoms with Gasteiger partial charge in [-0.2, -0.15) is 0 Å². The Morgan fingerprint density at radius 1 is 1.27 bits per heavy atom. The summed E-state index contributed by atoms with van der Waals surface area (Å²) < 4.78 is 38.5. The van der Waals surface area contributed by atoms with E-state index in [4.69, 9.17) is 4.74 Å². The van der Waals surface area contributed by atoms with E-state index in [9.17, 15) is 18.4 Å². The monoisotopic (exact) mass is 421 g/mol. The lowest BCUT2D eigenvalue weighted by Crippen LogP contribution is -2.24. The number of esters is 1. The molecule has 9 heteroatoms. The Balaban J connectivity index is 1.82. The minimum Gasteiger partial charge on any atom is -0.469 e. The van der Waals surface area contributed by atoms with Gasteiger partial charge in [-0.15, -0.1) is 5.10 Å². The van der Waals surface area contributed by atoms with Crippen LogP contribution in [0.25, 0.3) is 0 Å². The van der Waals surface area contributed by atoms with Crippen molar-refractivity contribution >= 4 is 11.8 Å². The lowest BCUT2D eigenvalue weighted by molar-refractivity contribution is -0.142. The number of rotatable bonds is 11. The molecule has 0 saturated carbocycles. The fourth-order valence-corrected chi connectivity index (χ4v) is 2.75. The molecule has 0 aliphatic carbocycles. The molecular weight excluding hydrogens is 396 g/mol. The van der Waals surface area contributed by atoms with Gasteiger partial charge < -0.3 is 9.47 Å². The van der Waals surface area contributed by atoms with Crippen LogP contribution in [0.3, 0.4) is 0 Å². The van der Waals surface area contributed by atoms with Gasteiger partial charge in [0.05, 0.1) is 31.6 Å². The van der Waals surface area contributed by atoms with Gasteiger partial charge in [-0.25, -0.2) is 13.5 Å². The molecular formula is C21H25F2N3O4. The van der Waals surface area contributed by atoms with E-state index < -0.39 is 29.5 Å². The summed E-state index contributed by atoms with van der Waals surface area (Å²) in [6, 6.07) is 3.40. The molecule has 1 aromatic carbocycles. The maximum Gasteiger partial charge on any atom is 0.313 e. The van der Waals surface area contributed by atoms with E-state index in [1.165, 1.54) is 23.9 Å². The topological polar surface area (TPSA) is 83.3 Å². The van der Waals surface area contributed by atoms with Crippen molar-refractivity contribution < 1.29 is 27.8 Å². The Kier molecular flexibility index (Phi) is 8.35. The molecule has 0 radical (unpaired) electrons. The number of aromatic nitrogens is 3. The van der Waals surface area contributed by atoms with Crippen molar-refractivity contribution in [1.82, 2.24) is 15.0 Å². The second-order valence-corrected chi connectivity index (χ2v) is 6.97. The molecule has 0 saturated heterocycles. The molecule has 0 spiro atoms. The maximum absolute atomic E-state index is 13.8. The molecule has 162 valence electrons. The Labute approximate surface area is 173 Å².